The highest BCUT2D eigenvalue weighted by Gasteiger charge is 2.28. The molecule has 0 amide bonds. The Labute approximate surface area is 119 Å². The standard InChI is InChI=1S/C14H22N6/c1-14(2,3)7-11-17-18-13-12(15-5-6-20(11)13)10-8-16-19(4)9-10/h8-9,12,15H,5-7H2,1-4H3. The maximum Gasteiger partial charge on any atom is 0.154 e. The molecule has 0 aromatic carbocycles. The van der Waals surface area contributed by atoms with Gasteiger partial charge in [0, 0.05) is 38.3 Å². The smallest absolute Gasteiger partial charge is 0.154 e. The van der Waals surface area contributed by atoms with Crippen LogP contribution in [0.3, 0.4) is 0 Å². The van der Waals surface area contributed by atoms with Crippen LogP contribution in [0.25, 0.3) is 0 Å². The zero-order valence-electron chi connectivity index (χ0n) is 12.6. The van der Waals surface area contributed by atoms with Gasteiger partial charge in [0.05, 0.1) is 12.2 Å². The van der Waals surface area contributed by atoms with E-state index in [9.17, 15) is 0 Å². The molecule has 1 unspecified atom stereocenters. The second-order valence-electron chi connectivity index (χ2n) is 6.70. The van der Waals surface area contributed by atoms with Gasteiger partial charge in [0.25, 0.3) is 0 Å². The first-order chi connectivity index (χ1) is 9.44. The number of nitrogens with zero attached hydrogens (tertiary/aromatic N) is 5. The summed E-state index contributed by atoms with van der Waals surface area (Å²) in [6.45, 7) is 8.56. The molecule has 0 spiro atoms. The third kappa shape index (κ3) is 2.47. The van der Waals surface area contributed by atoms with E-state index >= 15 is 0 Å². The molecule has 1 atom stereocenters. The third-order valence-corrected chi connectivity index (χ3v) is 3.54. The minimum Gasteiger partial charge on any atom is -0.312 e. The van der Waals surface area contributed by atoms with E-state index in [4.69, 9.17) is 0 Å². The van der Waals surface area contributed by atoms with E-state index in [0.717, 1.165) is 36.7 Å². The second kappa shape index (κ2) is 4.70. The van der Waals surface area contributed by atoms with Crippen molar-refractivity contribution in [3.05, 3.63) is 29.6 Å². The maximum absolute atomic E-state index is 4.42. The van der Waals surface area contributed by atoms with E-state index in [-0.39, 0.29) is 11.5 Å². The van der Waals surface area contributed by atoms with Crippen LogP contribution in [0.4, 0.5) is 0 Å². The van der Waals surface area contributed by atoms with Crippen LogP contribution in [-0.2, 0) is 20.0 Å². The number of rotatable bonds is 2. The lowest BCUT2D eigenvalue weighted by Gasteiger charge is -2.25. The molecule has 1 aliphatic heterocycles. The Balaban J connectivity index is 1.94. The summed E-state index contributed by atoms with van der Waals surface area (Å²) in [6.07, 6.45) is 4.87. The first-order valence-corrected chi connectivity index (χ1v) is 7.08. The van der Waals surface area contributed by atoms with Crippen LogP contribution >= 0.6 is 0 Å². The number of aryl methyl sites for hydroxylation is 1. The Morgan fingerprint density at radius 3 is 2.80 bits per heavy atom. The molecule has 0 aliphatic carbocycles. The maximum atomic E-state index is 4.42. The van der Waals surface area contributed by atoms with E-state index < -0.39 is 0 Å². The van der Waals surface area contributed by atoms with Gasteiger partial charge in [0.2, 0.25) is 0 Å². The van der Waals surface area contributed by atoms with Gasteiger partial charge >= 0.3 is 0 Å². The van der Waals surface area contributed by atoms with Gasteiger partial charge in [-0.1, -0.05) is 20.8 Å². The molecule has 6 nitrogen and oxygen atoms in total. The topological polar surface area (TPSA) is 60.6 Å². The molecule has 0 saturated heterocycles. The summed E-state index contributed by atoms with van der Waals surface area (Å²) in [5.74, 6) is 2.09. The third-order valence-electron chi connectivity index (χ3n) is 3.54. The normalized spacial score (nSPS) is 19.1. The Bertz CT molecular complexity index is 603. The Morgan fingerprint density at radius 2 is 2.15 bits per heavy atom. The fourth-order valence-corrected chi connectivity index (χ4v) is 2.68. The quantitative estimate of drug-likeness (QED) is 0.896. The number of aromatic nitrogens is 5. The van der Waals surface area contributed by atoms with Crippen molar-refractivity contribution in [3.63, 3.8) is 0 Å². The van der Waals surface area contributed by atoms with Gasteiger partial charge in [0.1, 0.15) is 5.82 Å². The molecule has 3 rings (SSSR count). The summed E-state index contributed by atoms with van der Waals surface area (Å²) in [5, 5.41) is 16.6. The van der Waals surface area contributed by atoms with Crippen molar-refractivity contribution in [2.24, 2.45) is 12.5 Å². The predicted octanol–water partition coefficient (Wildman–Crippen LogP) is 1.29. The highest BCUT2D eigenvalue weighted by atomic mass is 15.3. The summed E-state index contributed by atoms with van der Waals surface area (Å²) in [7, 11) is 1.93. The summed E-state index contributed by atoms with van der Waals surface area (Å²) >= 11 is 0. The zero-order chi connectivity index (χ0) is 14.3. The molecule has 3 heterocycles. The van der Waals surface area contributed by atoms with Crippen molar-refractivity contribution < 1.29 is 0 Å². The number of hydrogen-bond acceptors (Lipinski definition) is 4. The number of hydrogen-bond donors (Lipinski definition) is 1. The molecule has 0 fully saturated rings. The van der Waals surface area contributed by atoms with Crippen molar-refractivity contribution in [3.8, 4) is 0 Å². The highest BCUT2D eigenvalue weighted by molar-refractivity contribution is 5.22. The van der Waals surface area contributed by atoms with E-state index in [1.54, 1.807) is 0 Å². The van der Waals surface area contributed by atoms with E-state index in [2.05, 4.69) is 46.0 Å². The van der Waals surface area contributed by atoms with Gasteiger partial charge in [-0.15, -0.1) is 10.2 Å². The van der Waals surface area contributed by atoms with Gasteiger partial charge in [-0.05, 0) is 5.41 Å². The van der Waals surface area contributed by atoms with Gasteiger partial charge in [-0.2, -0.15) is 5.10 Å². The lowest BCUT2D eigenvalue weighted by molar-refractivity contribution is 0.378. The zero-order valence-corrected chi connectivity index (χ0v) is 12.6. The summed E-state index contributed by atoms with van der Waals surface area (Å²) in [6, 6.07) is 0.0960. The molecule has 2 aromatic heterocycles. The Kier molecular flexibility index (Phi) is 3.12. The summed E-state index contributed by atoms with van der Waals surface area (Å²) in [4.78, 5) is 0. The minimum absolute atomic E-state index is 0.0960. The van der Waals surface area contributed by atoms with E-state index in [1.807, 2.05) is 24.1 Å². The van der Waals surface area contributed by atoms with Crippen LogP contribution in [0.1, 0.15) is 44.0 Å². The molecule has 20 heavy (non-hydrogen) atoms. The van der Waals surface area contributed by atoms with E-state index in [1.165, 1.54) is 0 Å². The van der Waals surface area contributed by atoms with E-state index in [0.29, 0.717) is 0 Å². The number of fused-ring (bicyclic) bond motifs is 1. The minimum atomic E-state index is 0.0960. The first kappa shape index (κ1) is 13.3. The monoisotopic (exact) mass is 274 g/mol. The molecule has 0 saturated carbocycles. The first-order valence-electron chi connectivity index (χ1n) is 7.08. The Hall–Kier alpha value is -1.69. The fraction of sp³-hybridized carbons (Fsp3) is 0.643. The van der Waals surface area contributed by atoms with Crippen LogP contribution in [0.5, 0.6) is 0 Å². The lowest BCUT2D eigenvalue weighted by Crippen LogP contribution is -2.35. The summed E-state index contributed by atoms with van der Waals surface area (Å²) in [5.41, 5.74) is 1.36. The van der Waals surface area contributed by atoms with Crippen molar-refractivity contribution in [1.82, 2.24) is 29.9 Å². The molecule has 108 valence electrons. The molecular weight excluding hydrogens is 252 g/mol. The largest absolute Gasteiger partial charge is 0.312 e. The molecule has 1 aliphatic rings. The van der Waals surface area contributed by atoms with Gasteiger partial charge in [-0.3, -0.25) is 4.68 Å². The molecule has 2 aromatic rings. The SMILES string of the molecule is Cn1cc(C2NCCn3c(CC(C)(C)C)nnc32)cn1. The summed E-state index contributed by atoms with van der Waals surface area (Å²) < 4.78 is 4.09. The molecule has 0 radical (unpaired) electrons. The molecule has 1 N–H and O–H groups in total. The van der Waals surface area contributed by atoms with Crippen molar-refractivity contribution in [2.75, 3.05) is 6.54 Å². The molecular formula is C14H22N6. The van der Waals surface area contributed by atoms with Crippen LogP contribution in [0.15, 0.2) is 12.4 Å². The molecule has 0 bridgehead atoms. The van der Waals surface area contributed by atoms with Gasteiger partial charge in [-0.25, -0.2) is 0 Å². The highest BCUT2D eigenvalue weighted by Crippen LogP contribution is 2.26. The van der Waals surface area contributed by atoms with Crippen LogP contribution in [0, 0.1) is 5.41 Å². The average molecular weight is 274 g/mol. The van der Waals surface area contributed by atoms with Gasteiger partial charge < -0.3 is 9.88 Å². The molecule has 6 heteroatoms. The second-order valence-corrected chi connectivity index (χ2v) is 6.70. The van der Waals surface area contributed by atoms with Crippen molar-refractivity contribution >= 4 is 0 Å². The van der Waals surface area contributed by atoms with Crippen LogP contribution in [0.2, 0.25) is 0 Å². The van der Waals surface area contributed by atoms with Crippen LogP contribution < -0.4 is 5.32 Å². The van der Waals surface area contributed by atoms with Crippen molar-refractivity contribution in [2.45, 2.75) is 39.8 Å². The number of nitrogens with one attached hydrogen (secondary N) is 1. The fourth-order valence-electron chi connectivity index (χ4n) is 2.68. The lowest BCUT2D eigenvalue weighted by atomic mass is 9.92. The average Bonchev–Trinajstić information content (AvgIpc) is 2.95. The van der Waals surface area contributed by atoms with Crippen LogP contribution in [-0.4, -0.2) is 31.1 Å². The van der Waals surface area contributed by atoms with Crippen molar-refractivity contribution in [1.29, 1.82) is 0 Å². The predicted molar refractivity (Wildman–Crippen MR) is 76.2 cm³/mol. The van der Waals surface area contributed by atoms with Gasteiger partial charge in [0.15, 0.2) is 5.82 Å². The Morgan fingerprint density at radius 1 is 1.35 bits per heavy atom.